The highest BCUT2D eigenvalue weighted by Gasteiger charge is 1.95. The maximum absolute atomic E-state index is 9.13. The molecule has 18 heavy (non-hydrogen) atoms. The number of aliphatic imine (C=N–C) groups is 1. The number of nitrogens with zero attached hydrogens (tertiary/aromatic N) is 2. The van der Waals surface area contributed by atoms with Gasteiger partial charge in [-0.3, -0.25) is 5.01 Å². The zero-order valence-corrected chi connectivity index (χ0v) is 11.3. The van der Waals surface area contributed by atoms with E-state index in [-0.39, 0.29) is 5.75 Å². The maximum atomic E-state index is 9.13. The average molecular weight is 263 g/mol. The minimum absolute atomic E-state index is 0.267. The van der Waals surface area contributed by atoms with Gasteiger partial charge in [0.1, 0.15) is 5.75 Å². The molecule has 5 heteroatoms. The van der Waals surface area contributed by atoms with Gasteiger partial charge in [-0.25, -0.2) is 10.8 Å². The largest absolute Gasteiger partial charge is 0.508 e. The van der Waals surface area contributed by atoms with Crippen LogP contribution in [-0.4, -0.2) is 28.6 Å². The molecule has 0 saturated heterocycles. The Morgan fingerprint density at radius 2 is 2.00 bits per heavy atom. The molecular weight excluding hydrogens is 246 g/mol. The standard InChI is InChI=1S/C13H17N3OS/c1-16(14)13(18-2)15-10-4-3-5-11-6-8-12(17)9-7-11/h3-10,17H,14H2,1-2H3/b5-3+,10-4+,15-13?. The molecule has 96 valence electrons. The van der Waals surface area contributed by atoms with Gasteiger partial charge in [0.15, 0.2) is 5.17 Å². The molecule has 1 aromatic rings. The fourth-order valence-electron chi connectivity index (χ4n) is 1.20. The number of benzene rings is 1. The molecule has 0 fully saturated rings. The lowest BCUT2D eigenvalue weighted by molar-refractivity contribution is 0.475. The van der Waals surface area contributed by atoms with Gasteiger partial charge >= 0.3 is 0 Å². The minimum atomic E-state index is 0.267. The first kappa shape index (κ1) is 14.3. The van der Waals surface area contributed by atoms with E-state index in [0.717, 1.165) is 10.7 Å². The molecule has 0 amide bonds. The van der Waals surface area contributed by atoms with Crippen molar-refractivity contribution in [2.24, 2.45) is 10.8 Å². The Morgan fingerprint density at radius 3 is 2.56 bits per heavy atom. The van der Waals surface area contributed by atoms with E-state index in [0.29, 0.717) is 0 Å². The molecule has 0 heterocycles. The Kier molecular flexibility index (Phi) is 6.04. The highest BCUT2D eigenvalue weighted by molar-refractivity contribution is 8.13. The SMILES string of the molecule is CSC(=N/C=C/C=C/c1ccc(O)cc1)N(C)N. The van der Waals surface area contributed by atoms with Crippen LogP contribution >= 0.6 is 11.8 Å². The Hall–Kier alpha value is -1.72. The van der Waals surface area contributed by atoms with Gasteiger partial charge in [0, 0.05) is 13.2 Å². The van der Waals surface area contributed by atoms with Crippen molar-refractivity contribution >= 4 is 23.0 Å². The van der Waals surface area contributed by atoms with Crippen LogP contribution in [0.5, 0.6) is 5.75 Å². The summed E-state index contributed by atoms with van der Waals surface area (Å²) in [6, 6.07) is 6.97. The molecule has 0 unspecified atom stereocenters. The van der Waals surface area contributed by atoms with E-state index in [2.05, 4.69) is 4.99 Å². The summed E-state index contributed by atoms with van der Waals surface area (Å²) < 4.78 is 0. The van der Waals surface area contributed by atoms with E-state index in [1.807, 2.05) is 36.6 Å². The van der Waals surface area contributed by atoms with Crippen molar-refractivity contribution < 1.29 is 5.11 Å². The summed E-state index contributed by atoms with van der Waals surface area (Å²) in [4.78, 5) is 4.20. The van der Waals surface area contributed by atoms with Gasteiger partial charge in [0.05, 0.1) is 0 Å². The number of phenolic OH excluding ortho intramolecular Hbond substituents is 1. The van der Waals surface area contributed by atoms with Gasteiger partial charge in [-0.15, -0.1) is 0 Å². The van der Waals surface area contributed by atoms with E-state index in [1.54, 1.807) is 25.4 Å². The summed E-state index contributed by atoms with van der Waals surface area (Å²) in [5.41, 5.74) is 1.02. The number of rotatable bonds is 3. The molecule has 1 rings (SSSR count). The van der Waals surface area contributed by atoms with Gasteiger partial charge in [-0.2, -0.15) is 0 Å². The number of thioether (sulfide) groups is 1. The number of hydrogen-bond donors (Lipinski definition) is 2. The van der Waals surface area contributed by atoms with Crippen LogP contribution in [0.2, 0.25) is 0 Å². The van der Waals surface area contributed by atoms with Gasteiger partial charge in [-0.05, 0) is 30.0 Å². The number of aromatic hydroxyl groups is 1. The van der Waals surface area contributed by atoms with Crippen molar-refractivity contribution in [2.75, 3.05) is 13.3 Å². The van der Waals surface area contributed by atoms with Crippen molar-refractivity contribution in [3.05, 3.63) is 48.2 Å². The molecule has 0 aromatic heterocycles. The van der Waals surface area contributed by atoms with Gasteiger partial charge < -0.3 is 5.11 Å². The van der Waals surface area contributed by atoms with Crippen LogP contribution in [-0.2, 0) is 0 Å². The summed E-state index contributed by atoms with van der Waals surface area (Å²) >= 11 is 1.48. The quantitative estimate of drug-likeness (QED) is 0.289. The van der Waals surface area contributed by atoms with Gasteiger partial charge in [0.25, 0.3) is 0 Å². The van der Waals surface area contributed by atoms with Crippen LogP contribution in [0, 0.1) is 0 Å². The first-order chi connectivity index (χ1) is 8.63. The monoisotopic (exact) mass is 263 g/mol. The molecule has 3 N–H and O–H groups in total. The zero-order valence-electron chi connectivity index (χ0n) is 10.4. The van der Waals surface area contributed by atoms with E-state index >= 15 is 0 Å². The highest BCUT2D eigenvalue weighted by atomic mass is 32.2. The number of phenols is 1. The summed E-state index contributed by atoms with van der Waals surface area (Å²) in [6.45, 7) is 0. The van der Waals surface area contributed by atoms with Crippen LogP contribution in [0.15, 0.2) is 47.6 Å². The van der Waals surface area contributed by atoms with Crippen LogP contribution in [0.4, 0.5) is 0 Å². The summed E-state index contributed by atoms with van der Waals surface area (Å²) in [6.07, 6.45) is 9.24. The third kappa shape index (κ3) is 5.07. The fraction of sp³-hybridized carbons (Fsp3) is 0.154. The van der Waals surface area contributed by atoms with E-state index < -0.39 is 0 Å². The molecule has 0 atom stereocenters. The highest BCUT2D eigenvalue weighted by Crippen LogP contribution is 2.10. The first-order valence-corrected chi connectivity index (χ1v) is 6.58. The van der Waals surface area contributed by atoms with E-state index in [4.69, 9.17) is 10.9 Å². The van der Waals surface area contributed by atoms with Crippen LogP contribution in [0.1, 0.15) is 5.56 Å². The van der Waals surface area contributed by atoms with Crippen LogP contribution < -0.4 is 5.84 Å². The number of allylic oxidation sites excluding steroid dienone is 2. The summed E-state index contributed by atoms with van der Waals surface area (Å²) in [5.74, 6) is 5.84. The summed E-state index contributed by atoms with van der Waals surface area (Å²) in [5, 5.41) is 11.3. The minimum Gasteiger partial charge on any atom is -0.508 e. The van der Waals surface area contributed by atoms with Crippen LogP contribution in [0.3, 0.4) is 0 Å². The molecule has 0 aliphatic heterocycles. The summed E-state index contributed by atoms with van der Waals surface area (Å²) in [7, 11) is 1.75. The van der Waals surface area contributed by atoms with Crippen LogP contribution in [0.25, 0.3) is 6.08 Å². The third-order valence-corrected chi connectivity index (χ3v) is 2.81. The van der Waals surface area contributed by atoms with Gasteiger partial charge in [0.2, 0.25) is 0 Å². The molecule has 0 saturated carbocycles. The zero-order chi connectivity index (χ0) is 13.4. The van der Waals surface area contributed by atoms with Crippen molar-refractivity contribution in [1.29, 1.82) is 0 Å². The average Bonchev–Trinajstić information content (AvgIpc) is 2.35. The smallest absolute Gasteiger partial charge is 0.177 e. The van der Waals surface area contributed by atoms with Crippen molar-refractivity contribution in [3.63, 3.8) is 0 Å². The second-order valence-electron chi connectivity index (χ2n) is 3.52. The van der Waals surface area contributed by atoms with E-state index in [1.165, 1.54) is 16.8 Å². The Morgan fingerprint density at radius 1 is 1.33 bits per heavy atom. The van der Waals surface area contributed by atoms with Crippen molar-refractivity contribution in [2.45, 2.75) is 0 Å². The predicted molar refractivity (Wildman–Crippen MR) is 79.2 cm³/mol. The first-order valence-electron chi connectivity index (χ1n) is 5.36. The normalized spacial score (nSPS) is 12.5. The van der Waals surface area contributed by atoms with E-state index in [9.17, 15) is 0 Å². The Balaban J connectivity index is 2.57. The lowest BCUT2D eigenvalue weighted by Crippen LogP contribution is -2.30. The molecule has 0 bridgehead atoms. The topological polar surface area (TPSA) is 61.9 Å². The number of nitrogens with two attached hydrogens (primary N) is 1. The lowest BCUT2D eigenvalue weighted by atomic mass is 10.2. The molecule has 4 nitrogen and oxygen atoms in total. The van der Waals surface area contributed by atoms with Crippen molar-refractivity contribution in [3.8, 4) is 5.75 Å². The Bertz CT molecular complexity index is 450. The fourth-order valence-corrected chi connectivity index (χ4v) is 1.65. The molecule has 0 spiro atoms. The van der Waals surface area contributed by atoms with Crippen molar-refractivity contribution in [1.82, 2.24) is 5.01 Å². The molecule has 1 aromatic carbocycles. The maximum Gasteiger partial charge on any atom is 0.177 e. The lowest BCUT2D eigenvalue weighted by Gasteiger charge is -2.10. The Labute approximate surface area is 111 Å². The number of hydrogen-bond acceptors (Lipinski definition) is 4. The second-order valence-corrected chi connectivity index (χ2v) is 4.29. The molecule has 0 aliphatic carbocycles. The number of amidine groups is 1. The molecule has 0 aliphatic rings. The number of hydrazine groups is 1. The van der Waals surface area contributed by atoms with Gasteiger partial charge in [-0.1, -0.05) is 36.0 Å². The molecular formula is C13H17N3OS. The second kappa shape index (κ2) is 7.58. The third-order valence-electron chi connectivity index (χ3n) is 2.05. The predicted octanol–water partition coefficient (Wildman–Crippen LogP) is 2.44. The molecule has 0 radical (unpaired) electrons.